The molecule has 1 aliphatic rings. The number of rotatable bonds is 6. The molecule has 1 amide bonds. The summed E-state index contributed by atoms with van der Waals surface area (Å²) in [5.41, 5.74) is 0.763. The van der Waals surface area contributed by atoms with Gasteiger partial charge in [0.25, 0.3) is 0 Å². The van der Waals surface area contributed by atoms with Crippen molar-refractivity contribution in [2.75, 3.05) is 20.7 Å². The molecule has 1 atom stereocenters. The highest BCUT2D eigenvalue weighted by Gasteiger charge is 2.45. The summed E-state index contributed by atoms with van der Waals surface area (Å²) in [7, 11) is 3.55. The Morgan fingerprint density at radius 3 is 2.38 bits per heavy atom. The van der Waals surface area contributed by atoms with Gasteiger partial charge in [0.1, 0.15) is 5.75 Å². The highest BCUT2D eigenvalue weighted by Crippen LogP contribution is 2.44. The van der Waals surface area contributed by atoms with Gasteiger partial charge in [-0.25, -0.2) is 0 Å². The molecule has 21 heavy (non-hydrogen) atoms. The predicted octanol–water partition coefficient (Wildman–Crippen LogP) is 2.26. The minimum atomic E-state index is -0.334. The van der Waals surface area contributed by atoms with E-state index in [2.05, 4.69) is 17.6 Å². The minimum absolute atomic E-state index is 0. The van der Waals surface area contributed by atoms with Gasteiger partial charge in [-0.05, 0) is 44.5 Å². The molecule has 0 aliphatic heterocycles. The van der Waals surface area contributed by atoms with Crippen LogP contribution in [-0.4, -0.2) is 32.7 Å². The molecule has 118 valence electrons. The molecule has 1 unspecified atom stereocenters. The molecule has 0 heterocycles. The summed E-state index contributed by atoms with van der Waals surface area (Å²) in [4.78, 5) is 12.6. The molecule has 0 saturated heterocycles. The molecule has 0 spiro atoms. The molecule has 0 radical (unpaired) electrons. The topological polar surface area (TPSA) is 50.4 Å². The second kappa shape index (κ2) is 7.66. The molecule has 1 saturated carbocycles. The van der Waals surface area contributed by atoms with Crippen LogP contribution in [0.15, 0.2) is 24.3 Å². The molecule has 1 aromatic rings. The Labute approximate surface area is 133 Å². The molecular weight excluding hydrogens is 288 g/mol. The number of hydrogen-bond donors (Lipinski definition) is 2. The average Bonchev–Trinajstić information content (AvgIpc) is 2.44. The van der Waals surface area contributed by atoms with Crippen molar-refractivity contribution in [3.63, 3.8) is 0 Å². The third-order valence-electron chi connectivity index (χ3n) is 4.35. The lowest BCUT2D eigenvalue weighted by atomic mass is 9.64. The van der Waals surface area contributed by atoms with Gasteiger partial charge in [-0.2, -0.15) is 0 Å². The fourth-order valence-corrected chi connectivity index (χ4v) is 2.60. The van der Waals surface area contributed by atoms with E-state index in [0.717, 1.165) is 30.6 Å². The summed E-state index contributed by atoms with van der Waals surface area (Å²) in [6, 6.07) is 8.17. The number of amides is 1. The van der Waals surface area contributed by atoms with Crippen molar-refractivity contribution in [1.29, 1.82) is 0 Å². The fourth-order valence-electron chi connectivity index (χ4n) is 2.60. The van der Waals surface area contributed by atoms with Crippen molar-refractivity contribution in [1.82, 2.24) is 10.6 Å². The summed E-state index contributed by atoms with van der Waals surface area (Å²) in [6.45, 7) is 2.72. The number of carbonyl (C=O) groups is 1. The number of carbonyl (C=O) groups excluding carboxylic acids is 1. The lowest BCUT2D eigenvalue weighted by Gasteiger charge is -2.41. The molecule has 1 aromatic carbocycles. The first-order valence-corrected chi connectivity index (χ1v) is 7.22. The molecule has 1 aliphatic carbocycles. The zero-order valence-electron chi connectivity index (χ0n) is 12.9. The van der Waals surface area contributed by atoms with Gasteiger partial charge in [0.15, 0.2) is 0 Å². The average molecular weight is 313 g/mol. The Morgan fingerprint density at radius 2 is 1.95 bits per heavy atom. The minimum Gasteiger partial charge on any atom is -0.497 e. The van der Waals surface area contributed by atoms with Crippen molar-refractivity contribution in [3.8, 4) is 5.75 Å². The lowest BCUT2D eigenvalue weighted by Crippen LogP contribution is -2.51. The van der Waals surface area contributed by atoms with Crippen LogP contribution in [0, 0.1) is 0 Å². The van der Waals surface area contributed by atoms with Gasteiger partial charge in [-0.15, -0.1) is 12.4 Å². The molecule has 0 bridgehead atoms. The predicted molar refractivity (Wildman–Crippen MR) is 87.3 cm³/mol. The maximum Gasteiger partial charge on any atom is 0.230 e. The number of nitrogens with one attached hydrogen (secondary N) is 2. The zero-order valence-corrected chi connectivity index (χ0v) is 13.8. The van der Waals surface area contributed by atoms with Crippen molar-refractivity contribution in [2.24, 2.45) is 0 Å². The van der Waals surface area contributed by atoms with E-state index in [1.54, 1.807) is 7.11 Å². The summed E-state index contributed by atoms with van der Waals surface area (Å²) >= 11 is 0. The van der Waals surface area contributed by atoms with Gasteiger partial charge in [-0.1, -0.05) is 18.6 Å². The van der Waals surface area contributed by atoms with E-state index in [1.807, 2.05) is 31.3 Å². The van der Waals surface area contributed by atoms with E-state index in [0.29, 0.717) is 6.54 Å². The second-order valence-electron chi connectivity index (χ2n) is 5.56. The van der Waals surface area contributed by atoms with Crippen LogP contribution < -0.4 is 15.4 Å². The van der Waals surface area contributed by atoms with E-state index in [-0.39, 0.29) is 29.8 Å². The van der Waals surface area contributed by atoms with E-state index >= 15 is 0 Å². The first-order chi connectivity index (χ1) is 9.62. The van der Waals surface area contributed by atoms with Gasteiger partial charge in [0.05, 0.1) is 12.5 Å². The fraction of sp³-hybridized carbons (Fsp3) is 0.562. The van der Waals surface area contributed by atoms with E-state index < -0.39 is 0 Å². The van der Waals surface area contributed by atoms with Crippen LogP contribution in [0.3, 0.4) is 0 Å². The number of ether oxygens (including phenoxy) is 1. The van der Waals surface area contributed by atoms with Gasteiger partial charge in [-0.3, -0.25) is 4.79 Å². The van der Waals surface area contributed by atoms with Gasteiger partial charge in [0.2, 0.25) is 5.91 Å². The van der Waals surface area contributed by atoms with E-state index in [4.69, 9.17) is 4.74 Å². The highest BCUT2D eigenvalue weighted by molar-refractivity contribution is 5.89. The van der Waals surface area contributed by atoms with Crippen LogP contribution >= 0.6 is 12.4 Å². The van der Waals surface area contributed by atoms with Crippen molar-refractivity contribution < 1.29 is 9.53 Å². The molecule has 2 N–H and O–H groups in total. The highest BCUT2D eigenvalue weighted by atomic mass is 35.5. The zero-order chi connectivity index (χ0) is 14.6. The van der Waals surface area contributed by atoms with Crippen molar-refractivity contribution in [2.45, 2.75) is 37.6 Å². The summed E-state index contributed by atoms with van der Waals surface area (Å²) in [5.74, 6) is 0.975. The van der Waals surface area contributed by atoms with Crippen LogP contribution in [0.25, 0.3) is 0 Å². The molecule has 2 rings (SSSR count). The number of methoxy groups -OCH3 is 1. The van der Waals surface area contributed by atoms with Crippen LogP contribution in [0.2, 0.25) is 0 Å². The number of benzene rings is 1. The van der Waals surface area contributed by atoms with Crippen LogP contribution in [0.4, 0.5) is 0 Å². The van der Waals surface area contributed by atoms with Crippen LogP contribution in [0.5, 0.6) is 5.75 Å². The molecule has 0 aromatic heterocycles. The standard InChI is InChI=1S/C16H24N2O2.ClH/c1-12(17-2)11-18-15(19)16(9-4-10-16)13-5-7-14(20-3)8-6-13;/h5-8,12,17H,4,9-11H2,1-3H3,(H,18,19);1H. The molecule has 5 heteroatoms. The van der Waals surface area contributed by atoms with E-state index in [9.17, 15) is 4.79 Å². The summed E-state index contributed by atoms with van der Waals surface area (Å²) in [6.07, 6.45) is 2.97. The van der Waals surface area contributed by atoms with Gasteiger partial charge in [0, 0.05) is 12.6 Å². The third-order valence-corrected chi connectivity index (χ3v) is 4.35. The number of hydrogen-bond acceptors (Lipinski definition) is 3. The molecular formula is C16H25ClN2O2. The Hall–Kier alpha value is -1.26. The SMILES string of the molecule is CNC(C)CNC(=O)C1(c2ccc(OC)cc2)CCC1.Cl. The third kappa shape index (κ3) is 3.69. The van der Waals surface area contributed by atoms with Crippen molar-refractivity contribution in [3.05, 3.63) is 29.8 Å². The number of halogens is 1. The quantitative estimate of drug-likeness (QED) is 0.847. The van der Waals surface area contributed by atoms with Crippen LogP contribution in [-0.2, 0) is 10.2 Å². The second-order valence-corrected chi connectivity index (χ2v) is 5.56. The Kier molecular flexibility index (Phi) is 6.49. The van der Waals surface area contributed by atoms with Gasteiger partial charge >= 0.3 is 0 Å². The maximum atomic E-state index is 12.6. The lowest BCUT2D eigenvalue weighted by molar-refractivity contribution is -0.130. The maximum absolute atomic E-state index is 12.6. The van der Waals surface area contributed by atoms with Crippen molar-refractivity contribution >= 4 is 18.3 Å². The largest absolute Gasteiger partial charge is 0.497 e. The van der Waals surface area contributed by atoms with Gasteiger partial charge < -0.3 is 15.4 Å². The monoisotopic (exact) mass is 312 g/mol. The summed E-state index contributed by atoms with van der Waals surface area (Å²) in [5, 5.41) is 6.20. The number of likely N-dealkylation sites (N-methyl/N-ethyl adjacent to an activating group) is 1. The Bertz CT molecular complexity index is 458. The first kappa shape index (κ1) is 17.8. The molecule has 1 fully saturated rings. The van der Waals surface area contributed by atoms with E-state index in [1.165, 1.54) is 0 Å². The smallest absolute Gasteiger partial charge is 0.230 e. The Balaban J connectivity index is 0.00000220. The summed E-state index contributed by atoms with van der Waals surface area (Å²) < 4.78 is 5.18. The van der Waals surface area contributed by atoms with Crippen LogP contribution in [0.1, 0.15) is 31.7 Å². The first-order valence-electron chi connectivity index (χ1n) is 7.22. The normalized spacial score (nSPS) is 17.1. The Morgan fingerprint density at radius 1 is 1.33 bits per heavy atom. The molecule has 4 nitrogen and oxygen atoms in total.